The van der Waals surface area contributed by atoms with Crippen molar-refractivity contribution in [3.8, 4) is 17.6 Å². The van der Waals surface area contributed by atoms with Crippen molar-refractivity contribution in [3.05, 3.63) is 52.0 Å². The van der Waals surface area contributed by atoms with E-state index < -0.39 is 5.91 Å². The number of nitriles is 1. The lowest BCUT2D eigenvalue weighted by Gasteiger charge is -2.10. The average molecular weight is 347 g/mol. The number of methoxy groups -OCH3 is 1. The molecule has 6 heteroatoms. The van der Waals surface area contributed by atoms with Crippen LogP contribution >= 0.6 is 15.9 Å². The number of carbonyl (C=O) groups is 1. The number of phenolic OH excluding ortho intramolecular Hbond substituents is 1. The zero-order valence-corrected chi connectivity index (χ0v) is 12.6. The number of ether oxygens (including phenoxy) is 1. The second-order valence-corrected chi connectivity index (χ2v) is 5.05. The molecule has 0 radical (unpaired) electrons. The summed E-state index contributed by atoms with van der Waals surface area (Å²) in [7, 11) is 1.47. The fraction of sp³-hybridized carbons (Fsp3) is 0.0667. The smallest absolute Gasteiger partial charge is 0.259 e. The highest BCUT2D eigenvalue weighted by Crippen LogP contribution is 2.25. The van der Waals surface area contributed by atoms with Crippen LogP contribution in [-0.2, 0) is 0 Å². The number of nitrogens with zero attached hydrogens (tertiary/aromatic N) is 1. The van der Waals surface area contributed by atoms with Crippen LogP contribution in [0.5, 0.6) is 11.5 Å². The lowest BCUT2D eigenvalue weighted by atomic mass is 10.1. The molecule has 0 heterocycles. The Morgan fingerprint density at radius 3 is 2.76 bits per heavy atom. The highest BCUT2D eigenvalue weighted by molar-refractivity contribution is 9.10. The van der Waals surface area contributed by atoms with E-state index in [-0.39, 0.29) is 11.3 Å². The van der Waals surface area contributed by atoms with Gasteiger partial charge in [-0.25, -0.2) is 0 Å². The molecule has 0 aliphatic rings. The van der Waals surface area contributed by atoms with Crippen molar-refractivity contribution in [1.29, 1.82) is 5.26 Å². The quantitative estimate of drug-likeness (QED) is 0.893. The molecule has 1 amide bonds. The summed E-state index contributed by atoms with van der Waals surface area (Å²) in [4.78, 5) is 12.2. The molecule has 0 bridgehead atoms. The van der Waals surface area contributed by atoms with Crippen molar-refractivity contribution in [1.82, 2.24) is 0 Å². The van der Waals surface area contributed by atoms with Crippen LogP contribution in [0, 0.1) is 11.3 Å². The van der Waals surface area contributed by atoms with Crippen LogP contribution in [0.15, 0.2) is 40.9 Å². The van der Waals surface area contributed by atoms with E-state index in [9.17, 15) is 9.90 Å². The Morgan fingerprint density at radius 2 is 2.10 bits per heavy atom. The largest absolute Gasteiger partial charge is 0.507 e. The van der Waals surface area contributed by atoms with Gasteiger partial charge < -0.3 is 15.2 Å². The van der Waals surface area contributed by atoms with Gasteiger partial charge in [0.05, 0.1) is 23.9 Å². The number of phenols is 1. The molecule has 2 aromatic rings. The van der Waals surface area contributed by atoms with Crippen LogP contribution in [0.25, 0.3) is 0 Å². The van der Waals surface area contributed by atoms with E-state index in [0.717, 1.165) is 4.47 Å². The second kappa shape index (κ2) is 6.29. The monoisotopic (exact) mass is 346 g/mol. The van der Waals surface area contributed by atoms with E-state index >= 15 is 0 Å². The van der Waals surface area contributed by atoms with E-state index in [1.165, 1.54) is 19.2 Å². The standard InChI is InChI=1S/C15H11BrN2O3/c1-21-11-3-5-14(19)12(7-11)15(20)18-13-4-2-10(16)6-9(13)8-17/h2-7,19H,1H3,(H,18,20). The van der Waals surface area contributed by atoms with Crippen molar-refractivity contribution >= 4 is 27.5 Å². The van der Waals surface area contributed by atoms with Crippen molar-refractivity contribution in [3.63, 3.8) is 0 Å². The number of amides is 1. The molecule has 0 aromatic heterocycles. The van der Waals surface area contributed by atoms with E-state index in [0.29, 0.717) is 17.0 Å². The van der Waals surface area contributed by atoms with Gasteiger partial charge in [-0.3, -0.25) is 4.79 Å². The summed E-state index contributed by atoms with van der Waals surface area (Å²) in [5.74, 6) is -0.233. The fourth-order valence-electron chi connectivity index (χ4n) is 1.73. The van der Waals surface area contributed by atoms with Crippen molar-refractivity contribution in [2.45, 2.75) is 0 Å². The van der Waals surface area contributed by atoms with Gasteiger partial charge in [-0.1, -0.05) is 15.9 Å². The lowest BCUT2D eigenvalue weighted by molar-refractivity contribution is 0.102. The Kier molecular flexibility index (Phi) is 4.45. The summed E-state index contributed by atoms with van der Waals surface area (Å²) in [6.07, 6.45) is 0. The summed E-state index contributed by atoms with van der Waals surface area (Å²) in [6.45, 7) is 0. The molecule has 5 nitrogen and oxygen atoms in total. The van der Waals surface area contributed by atoms with Gasteiger partial charge in [-0.15, -0.1) is 0 Å². The minimum absolute atomic E-state index is 0.0705. The predicted molar refractivity (Wildman–Crippen MR) is 81.5 cm³/mol. The Labute approximate surface area is 129 Å². The Balaban J connectivity index is 2.33. The maximum atomic E-state index is 12.2. The molecule has 0 fully saturated rings. The van der Waals surface area contributed by atoms with Gasteiger partial charge in [0.15, 0.2) is 0 Å². The number of benzene rings is 2. The van der Waals surface area contributed by atoms with Crippen molar-refractivity contribution in [2.75, 3.05) is 12.4 Å². The minimum atomic E-state index is -0.523. The molecule has 21 heavy (non-hydrogen) atoms. The number of hydrogen-bond donors (Lipinski definition) is 2. The maximum Gasteiger partial charge on any atom is 0.259 e. The SMILES string of the molecule is COc1ccc(O)c(C(=O)Nc2ccc(Br)cc2C#N)c1. The first kappa shape index (κ1) is 14.9. The van der Waals surface area contributed by atoms with Gasteiger partial charge in [-0.05, 0) is 36.4 Å². The van der Waals surface area contributed by atoms with Gasteiger partial charge in [0.2, 0.25) is 0 Å². The molecule has 0 aliphatic heterocycles. The molecule has 2 rings (SSSR count). The molecule has 0 saturated heterocycles. The van der Waals surface area contributed by atoms with Gasteiger partial charge in [0.25, 0.3) is 5.91 Å². The molecular formula is C15H11BrN2O3. The average Bonchev–Trinajstić information content (AvgIpc) is 2.49. The zero-order chi connectivity index (χ0) is 15.4. The third-order valence-electron chi connectivity index (χ3n) is 2.80. The molecule has 0 aliphatic carbocycles. The topological polar surface area (TPSA) is 82.3 Å². The molecule has 0 unspecified atom stereocenters. The summed E-state index contributed by atoms with van der Waals surface area (Å²) < 4.78 is 5.76. The van der Waals surface area contributed by atoms with Gasteiger partial charge >= 0.3 is 0 Å². The fourth-order valence-corrected chi connectivity index (χ4v) is 2.09. The molecule has 106 valence electrons. The number of carbonyl (C=O) groups excluding carboxylic acids is 1. The van der Waals surface area contributed by atoms with Crippen LogP contribution in [-0.4, -0.2) is 18.1 Å². The normalized spacial score (nSPS) is 9.76. The Bertz CT molecular complexity index is 738. The highest BCUT2D eigenvalue weighted by Gasteiger charge is 2.14. The predicted octanol–water partition coefficient (Wildman–Crippen LogP) is 3.29. The van der Waals surface area contributed by atoms with E-state index in [1.807, 2.05) is 6.07 Å². The van der Waals surface area contributed by atoms with E-state index in [4.69, 9.17) is 10.00 Å². The van der Waals surface area contributed by atoms with Crippen LogP contribution in [0.2, 0.25) is 0 Å². The van der Waals surface area contributed by atoms with E-state index in [1.54, 1.807) is 24.3 Å². The first-order chi connectivity index (χ1) is 10.0. The molecule has 2 N–H and O–H groups in total. The number of aromatic hydroxyl groups is 1. The first-order valence-electron chi connectivity index (χ1n) is 5.93. The third-order valence-corrected chi connectivity index (χ3v) is 3.29. The lowest BCUT2D eigenvalue weighted by Crippen LogP contribution is -2.13. The zero-order valence-electron chi connectivity index (χ0n) is 11.1. The summed E-state index contributed by atoms with van der Waals surface area (Å²) >= 11 is 3.26. The van der Waals surface area contributed by atoms with Gasteiger partial charge in [-0.2, -0.15) is 5.26 Å². The van der Waals surface area contributed by atoms with Crippen molar-refractivity contribution in [2.24, 2.45) is 0 Å². The van der Waals surface area contributed by atoms with Gasteiger partial charge in [0.1, 0.15) is 17.6 Å². The van der Waals surface area contributed by atoms with Crippen molar-refractivity contribution < 1.29 is 14.6 Å². The Hall–Kier alpha value is -2.52. The highest BCUT2D eigenvalue weighted by atomic mass is 79.9. The molecular weight excluding hydrogens is 336 g/mol. The Morgan fingerprint density at radius 1 is 1.33 bits per heavy atom. The number of nitrogens with one attached hydrogen (secondary N) is 1. The summed E-state index contributed by atoms with van der Waals surface area (Å²) in [5, 5.41) is 21.4. The van der Waals surface area contributed by atoms with Crippen LogP contribution in [0.4, 0.5) is 5.69 Å². The number of anilines is 1. The second-order valence-electron chi connectivity index (χ2n) is 4.14. The summed E-state index contributed by atoms with van der Waals surface area (Å²) in [5.41, 5.74) is 0.759. The maximum absolute atomic E-state index is 12.2. The van der Waals surface area contributed by atoms with E-state index in [2.05, 4.69) is 21.2 Å². The minimum Gasteiger partial charge on any atom is -0.507 e. The molecule has 0 saturated carbocycles. The third kappa shape index (κ3) is 3.33. The molecule has 2 aromatic carbocycles. The van der Waals surface area contributed by atoms with Crippen LogP contribution < -0.4 is 10.1 Å². The van der Waals surface area contributed by atoms with Gasteiger partial charge in [0, 0.05) is 4.47 Å². The van der Waals surface area contributed by atoms with Crippen LogP contribution in [0.3, 0.4) is 0 Å². The summed E-state index contributed by atoms with van der Waals surface area (Å²) in [6, 6.07) is 11.3. The molecule has 0 atom stereocenters. The molecule has 0 spiro atoms. The van der Waals surface area contributed by atoms with Crippen LogP contribution in [0.1, 0.15) is 15.9 Å². The number of halogens is 1. The first-order valence-corrected chi connectivity index (χ1v) is 6.72. The number of rotatable bonds is 3. The number of hydrogen-bond acceptors (Lipinski definition) is 4.